The van der Waals surface area contributed by atoms with Crippen LogP contribution in [0.1, 0.15) is 5.56 Å². The Labute approximate surface area is 136 Å². The first-order valence-electron chi connectivity index (χ1n) is 5.63. The van der Waals surface area contributed by atoms with E-state index in [2.05, 4.69) is 27.3 Å². The van der Waals surface area contributed by atoms with Crippen molar-refractivity contribution in [3.63, 3.8) is 0 Å². The Morgan fingerprint density at radius 1 is 1.20 bits per heavy atom. The summed E-state index contributed by atoms with van der Waals surface area (Å²) < 4.78 is 28.3. The average molecular weight is 423 g/mol. The maximum absolute atomic E-state index is 12.4. The van der Waals surface area contributed by atoms with E-state index in [0.717, 1.165) is 3.57 Å². The summed E-state index contributed by atoms with van der Waals surface area (Å²) in [6.45, 7) is 1.67. The van der Waals surface area contributed by atoms with Crippen LogP contribution in [-0.2, 0) is 10.0 Å². The van der Waals surface area contributed by atoms with E-state index in [1.165, 1.54) is 6.07 Å². The lowest BCUT2D eigenvalue weighted by molar-refractivity contribution is 0.600. The molecule has 0 aliphatic carbocycles. The van der Waals surface area contributed by atoms with E-state index >= 15 is 0 Å². The van der Waals surface area contributed by atoms with E-state index in [0.29, 0.717) is 16.3 Å². The number of nitrogens with one attached hydrogen (secondary N) is 1. The van der Waals surface area contributed by atoms with E-state index in [9.17, 15) is 8.42 Å². The molecule has 0 spiro atoms. The molecule has 0 aliphatic heterocycles. The summed E-state index contributed by atoms with van der Waals surface area (Å²) >= 11 is 8.02. The van der Waals surface area contributed by atoms with Crippen LogP contribution in [0.25, 0.3) is 0 Å². The van der Waals surface area contributed by atoms with Crippen LogP contribution in [0, 0.1) is 10.5 Å². The van der Waals surface area contributed by atoms with Crippen LogP contribution in [0.5, 0.6) is 0 Å². The summed E-state index contributed by atoms with van der Waals surface area (Å²) in [6.07, 6.45) is 0. The molecule has 0 heterocycles. The third kappa shape index (κ3) is 3.36. The quantitative estimate of drug-likeness (QED) is 0.586. The number of benzene rings is 2. The molecule has 2 aromatic rings. The van der Waals surface area contributed by atoms with Gasteiger partial charge in [-0.25, -0.2) is 8.42 Å². The molecule has 0 fully saturated rings. The predicted octanol–water partition coefficient (Wildman–Crippen LogP) is 3.64. The second-order valence-corrected chi connectivity index (χ2v) is 7.56. The van der Waals surface area contributed by atoms with Crippen LogP contribution in [0.15, 0.2) is 41.3 Å². The summed E-state index contributed by atoms with van der Waals surface area (Å²) in [6, 6.07) is 9.96. The molecule has 20 heavy (non-hydrogen) atoms. The number of rotatable bonds is 3. The Balaban J connectivity index is 2.40. The fourth-order valence-electron chi connectivity index (χ4n) is 1.69. The molecule has 2 aromatic carbocycles. The summed E-state index contributed by atoms with van der Waals surface area (Å²) in [5.41, 5.74) is 6.95. The molecule has 0 aliphatic rings. The molecule has 0 aromatic heterocycles. The minimum Gasteiger partial charge on any atom is -0.397 e. The standard InChI is InChI=1S/C13H12ClIN2O2S/c1-8-6-11(14)12(16)7-13(8)20(18,19)17-10-4-2-9(15)3-5-10/h2-7,17H,16H2,1H3. The van der Waals surface area contributed by atoms with Gasteiger partial charge in [0.15, 0.2) is 0 Å². The summed E-state index contributed by atoms with van der Waals surface area (Å²) in [5, 5.41) is 0.343. The summed E-state index contributed by atoms with van der Waals surface area (Å²) in [5.74, 6) is 0. The smallest absolute Gasteiger partial charge is 0.262 e. The lowest BCUT2D eigenvalue weighted by atomic mass is 10.2. The number of hydrogen-bond acceptors (Lipinski definition) is 3. The predicted molar refractivity (Wildman–Crippen MR) is 90.6 cm³/mol. The largest absolute Gasteiger partial charge is 0.397 e. The number of sulfonamides is 1. The molecule has 0 atom stereocenters. The molecule has 4 nitrogen and oxygen atoms in total. The first-order valence-corrected chi connectivity index (χ1v) is 8.57. The maximum atomic E-state index is 12.4. The average Bonchev–Trinajstić information content (AvgIpc) is 2.36. The monoisotopic (exact) mass is 422 g/mol. The van der Waals surface area contributed by atoms with Gasteiger partial charge in [0.05, 0.1) is 15.6 Å². The van der Waals surface area contributed by atoms with Gasteiger partial charge in [-0.3, -0.25) is 4.72 Å². The van der Waals surface area contributed by atoms with Crippen molar-refractivity contribution < 1.29 is 8.42 Å². The van der Waals surface area contributed by atoms with Crippen LogP contribution in [0.4, 0.5) is 11.4 Å². The number of aryl methyl sites for hydroxylation is 1. The fraction of sp³-hybridized carbons (Fsp3) is 0.0769. The highest BCUT2D eigenvalue weighted by Gasteiger charge is 2.18. The Bertz CT molecular complexity index is 746. The molecular weight excluding hydrogens is 411 g/mol. The molecule has 7 heteroatoms. The lowest BCUT2D eigenvalue weighted by Crippen LogP contribution is -2.14. The van der Waals surface area contributed by atoms with E-state index in [4.69, 9.17) is 17.3 Å². The van der Waals surface area contributed by atoms with Gasteiger partial charge in [-0.1, -0.05) is 11.6 Å². The summed E-state index contributed by atoms with van der Waals surface area (Å²) in [4.78, 5) is 0.123. The second kappa shape index (κ2) is 5.79. The van der Waals surface area contributed by atoms with Gasteiger partial charge in [0.1, 0.15) is 0 Å². The zero-order valence-electron chi connectivity index (χ0n) is 10.5. The minimum absolute atomic E-state index is 0.123. The molecule has 0 amide bonds. The van der Waals surface area contributed by atoms with Crippen molar-refractivity contribution in [3.05, 3.63) is 50.6 Å². The van der Waals surface area contributed by atoms with Gasteiger partial charge in [-0.15, -0.1) is 0 Å². The van der Waals surface area contributed by atoms with Crippen LogP contribution >= 0.6 is 34.2 Å². The molecule has 0 radical (unpaired) electrons. The number of nitrogens with two attached hydrogens (primary N) is 1. The zero-order valence-corrected chi connectivity index (χ0v) is 14.3. The normalized spacial score (nSPS) is 11.3. The Kier molecular flexibility index (Phi) is 4.46. The first-order chi connectivity index (χ1) is 9.29. The summed E-state index contributed by atoms with van der Waals surface area (Å²) in [7, 11) is -3.69. The molecule has 0 unspecified atom stereocenters. The molecule has 0 saturated carbocycles. The Morgan fingerprint density at radius 2 is 1.80 bits per heavy atom. The van der Waals surface area contributed by atoms with Crippen molar-refractivity contribution in [2.45, 2.75) is 11.8 Å². The van der Waals surface area contributed by atoms with E-state index in [-0.39, 0.29) is 10.6 Å². The SMILES string of the molecule is Cc1cc(Cl)c(N)cc1S(=O)(=O)Nc1ccc(I)cc1. The van der Waals surface area contributed by atoms with Gasteiger partial charge in [-0.05, 0) is 71.5 Å². The highest BCUT2D eigenvalue weighted by atomic mass is 127. The Morgan fingerprint density at radius 3 is 2.40 bits per heavy atom. The highest BCUT2D eigenvalue weighted by molar-refractivity contribution is 14.1. The Hall–Kier alpha value is -0.990. The fourth-order valence-corrected chi connectivity index (χ4v) is 3.59. The van der Waals surface area contributed by atoms with Gasteiger partial charge < -0.3 is 5.73 Å². The van der Waals surface area contributed by atoms with Crippen molar-refractivity contribution in [2.24, 2.45) is 0 Å². The molecule has 106 valence electrons. The maximum Gasteiger partial charge on any atom is 0.262 e. The van der Waals surface area contributed by atoms with Crippen LogP contribution in [0.3, 0.4) is 0 Å². The minimum atomic E-state index is -3.69. The highest BCUT2D eigenvalue weighted by Crippen LogP contribution is 2.27. The van der Waals surface area contributed by atoms with Crippen molar-refractivity contribution in [1.82, 2.24) is 0 Å². The van der Waals surface area contributed by atoms with E-state index in [1.807, 2.05) is 12.1 Å². The van der Waals surface area contributed by atoms with Gasteiger partial charge >= 0.3 is 0 Å². The topological polar surface area (TPSA) is 72.2 Å². The lowest BCUT2D eigenvalue weighted by Gasteiger charge is -2.12. The van der Waals surface area contributed by atoms with Crippen LogP contribution in [-0.4, -0.2) is 8.42 Å². The first kappa shape index (κ1) is 15.4. The van der Waals surface area contributed by atoms with E-state index < -0.39 is 10.0 Å². The van der Waals surface area contributed by atoms with Crippen LogP contribution < -0.4 is 10.5 Å². The number of halogens is 2. The van der Waals surface area contributed by atoms with Gasteiger partial charge in [0, 0.05) is 9.26 Å². The van der Waals surface area contributed by atoms with Crippen molar-refractivity contribution in [3.8, 4) is 0 Å². The zero-order chi connectivity index (χ0) is 14.9. The van der Waals surface area contributed by atoms with Gasteiger partial charge in [-0.2, -0.15) is 0 Å². The van der Waals surface area contributed by atoms with Gasteiger partial charge in [0.25, 0.3) is 10.0 Å². The number of nitrogen functional groups attached to an aromatic ring is 1. The van der Waals surface area contributed by atoms with Crippen LogP contribution in [0.2, 0.25) is 5.02 Å². The molecular formula is C13H12ClIN2O2S. The third-order valence-electron chi connectivity index (χ3n) is 2.68. The van der Waals surface area contributed by atoms with Crippen molar-refractivity contribution in [2.75, 3.05) is 10.5 Å². The van der Waals surface area contributed by atoms with Gasteiger partial charge in [0.2, 0.25) is 0 Å². The molecule has 0 bridgehead atoms. The van der Waals surface area contributed by atoms with Crippen molar-refractivity contribution >= 4 is 55.6 Å². The molecule has 0 saturated heterocycles. The number of hydrogen-bond donors (Lipinski definition) is 2. The molecule has 3 N–H and O–H groups in total. The van der Waals surface area contributed by atoms with Crippen molar-refractivity contribution in [1.29, 1.82) is 0 Å². The number of anilines is 2. The third-order valence-corrected chi connectivity index (χ3v) is 5.25. The second-order valence-electron chi connectivity index (χ2n) is 4.25. The van der Waals surface area contributed by atoms with E-state index in [1.54, 1.807) is 25.1 Å². The molecule has 2 rings (SSSR count).